The molecule has 0 aromatic carbocycles. The molecule has 2 aliphatic carbocycles. The molecule has 2 rings (SSSR count). The molecule has 2 fully saturated rings. The SMILES string of the molecule is CCN(CC)C(=O)O[C@H]1C(C)(C)[C@H]2CC[C@]1(C)C2. The maximum absolute atomic E-state index is 12.2. The minimum atomic E-state index is -0.133. The molecule has 2 aliphatic rings. The van der Waals surface area contributed by atoms with Gasteiger partial charge in [0.25, 0.3) is 0 Å². The maximum Gasteiger partial charge on any atom is 0.410 e. The summed E-state index contributed by atoms with van der Waals surface area (Å²) in [4.78, 5) is 13.9. The van der Waals surface area contributed by atoms with Crippen LogP contribution in [0.2, 0.25) is 0 Å². The number of nitrogens with zero attached hydrogens (tertiary/aromatic N) is 1. The van der Waals surface area contributed by atoms with Crippen LogP contribution in [0.5, 0.6) is 0 Å². The zero-order chi connectivity index (χ0) is 13.6. The van der Waals surface area contributed by atoms with Gasteiger partial charge in [-0.3, -0.25) is 0 Å². The summed E-state index contributed by atoms with van der Waals surface area (Å²) >= 11 is 0. The number of carbonyl (C=O) groups excluding carboxylic acids is 1. The van der Waals surface area contributed by atoms with Crippen LogP contribution < -0.4 is 0 Å². The highest BCUT2D eigenvalue weighted by molar-refractivity contribution is 5.68. The highest BCUT2D eigenvalue weighted by Gasteiger charge is 2.61. The summed E-state index contributed by atoms with van der Waals surface area (Å²) in [6.07, 6.45) is 3.67. The predicted molar refractivity (Wildman–Crippen MR) is 72.4 cm³/mol. The third-order valence-corrected chi connectivity index (χ3v) is 5.38. The topological polar surface area (TPSA) is 29.5 Å². The molecule has 0 heterocycles. The smallest absolute Gasteiger partial charge is 0.410 e. The van der Waals surface area contributed by atoms with Gasteiger partial charge in [-0.25, -0.2) is 4.79 Å². The molecule has 2 bridgehead atoms. The van der Waals surface area contributed by atoms with E-state index in [4.69, 9.17) is 4.74 Å². The minimum absolute atomic E-state index is 0.0804. The Kier molecular flexibility index (Phi) is 3.37. The quantitative estimate of drug-likeness (QED) is 0.768. The Morgan fingerprint density at radius 1 is 1.28 bits per heavy atom. The Morgan fingerprint density at radius 2 is 1.89 bits per heavy atom. The first-order valence-electron chi connectivity index (χ1n) is 7.30. The molecular formula is C15H27NO2. The monoisotopic (exact) mass is 253 g/mol. The van der Waals surface area contributed by atoms with Crippen molar-refractivity contribution < 1.29 is 9.53 Å². The molecule has 3 nitrogen and oxygen atoms in total. The van der Waals surface area contributed by atoms with Gasteiger partial charge < -0.3 is 9.64 Å². The van der Waals surface area contributed by atoms with E-state index in [1.165, 1.54) is 19.3 Å². The lowest BCUT2D eigenvalue weighted by Gasteiger charge is -2.42. The molecule has 104 valence electrons. The summed E-state index contributed by atoms with van der Waals surface area (Å²) in [5.41, 5.74) is 0.340. The fourth-order valence-electron chi connectivity index (χ4n) is 4.21. The van der Waals surface area contributed by atoms with Crippen LogP contribution in [-0.4, -0.2) is 30.2 Å². The summed E-state index contributed by atoms with van der Waals surface area (Å²) in [5, 5.41) is 0. The van der Waals surface area contributed by atoms with Crippen LogP contribution >= 0.6 is 0 Å². The van der Waals surface area contributed by atoms with Gasteiger partial charge in [-0.05, 0) is 39.0 Å². The second-order valence-corrected chi connectivity index (χ2v) is 6.85. The predicted octanol–water partition coefficient (Wildman–Crippen LogP) is 3.68. The average molecular weight is 253 g/mol. The molecule has 0 aromatic heterocycles. The van der Waals surface area contributed by atoms with E-state index in [-0.39, 0.29) is 23.0 Å². The average Bonchev–Trinajstić information content (AvgIpc) is 2.77. The fourth-order valence-corrected chi connectivity index (χ4v) is 4.21. The van der Waals surface area contributed by atoms with Crippen molar-refractivity contribution in [2.24, 2.45) is 16.7 Å². The van der Waals surface area contributed by atoms with Gasteiger partial charge in [0.05, 0.1) is 0 Å². The van der Waals surface area contributed by atoms with Gasteiger partial charge >= 0.3 is 6.09 Å². The molecule has 2 saturated carbocycles. The number of hydrogen-bond acceptors (Lipinski definition) is 2. The summed E-state index contributed by atoms with van der Waals surface area (Å²) in [6.45, 7) is 12.3. The second-order valence-electron chi connectivity index (χ2n) is 6.85. The van der Waals surface area contributed by atoms with Crippen molar-refractivity contribution in [1.82, 2.24) is 4.90 Å². The summed E-state index contributed by atoms with van der Waals surface area (Å²) in [7, 11) is 0. The molecule has 0 spiro atoms. The molecule has 0 radical (unpaired) electrons. The molecule has 0 N–H and O–H groups in total. The van der Waals surface area contributed by atoms with Gasteiger partial charge in [0.2, 0.25) is 0 Å². The lowest BCUT2D eigenvalue weighted by atomic mass is 9.70. The zero-order valence-electron chi connectivity index (χ0n) is 12.5. The molecule has 0 saturated heterocycles. The van der Waals surface area contributed by atoms with Gasteiger partial charge in [0.15, 0.2) is 0 Å². The molecular weight excluding hydrogens is 226 g/mol. The standard InChI is InChI=1S/C15H27NO2/c1-6-16(7-2)13(17)18-12-14(3,4)11-8-9-15(12,5)10-11/h11-12H,6-10H2,1-5H3/t11-,12-,15+/m0/s1. The highest BCUT2D eigenvalue weighted by Crippen LogP contribution is 2.63. The molecule has 0 unspecified atom stereocenters. The minimum Gasteiger partial charge on any atom is -0.445 e. The van der Waals surface area contributed by atoms with Crippen molar-refractivity contribution in [3.63, 3.8) is 0 Å². The number of amides is 1. The van der Waals surface area contributed by atoms with Crippen LogP contribution in [0.1, 0.15) is 53.9 Å². The van der Waals surface area contributed by atoms with E-state index in [1.54, 1.807) is 4.90 Å². The van der Waals surface area contributed by atoms with Crippen molar-refractivity contribution in [3.8, 4) is 0 Å². The number of carbonyl (C=O) groups is 1. The van der Waals surface area contributed by atoms with Gasteiger partial charge in [-0.15, -0.1) is 0 Å². The van der Waals surface area contributed by atoms with Crippen LogP contribution in [0.4, 0.5) is 4.79 Å². The van der Waals surface area contributed by atoms with Crippen molar-refractivity contribution in [3.05, 3.63) is 0 Å². The summed E-state index contributed by atoms with van der Waals surface area (Å²) in [5.74, 6) is 0.719. The van der Waals surface area contributed by atoms with Gasteiger partial charge in [-0.2, -0.15) is 0 Å². The lowest BCUT2D eigenvalue weighted by Crippen LogP contribution is -2.46. The van der Waals surface area contributed by atoms with E-state index >= 15 is 0 Å². The largest absolute Gasteiger partial charge is 0.445 e. The van der Waals surface area contributed by atoms with Crippen LogP contribution in [0.15, 0.2) is 0 Å². The van der Waals surface area contributed by atoms with Crippen molar-refractivity contribution in [2.45, 2.75) is 60.0 Å². The summed E-state index contributed by atoms with van der Waals surface area (Å²) < 4.78 is 5.89. The van der Waals surface area contributed by atoms with Crippen molar-refractivity contribution in [2.75, 3.05) is 13.1 Å². The molecule has 18 heavy (non-hydrogen) atoms. The number of rotatable bonds is 3. The van der Waals surface area contributed by atoms with E-state index in [2.05, 4.69) is 20.8 Å². The van der Waals surface area contributed by atoms with E-state index in [9.17, 15) is 4.79 Å². The van der Waals surface area contributed by atoms with E-state index in [0.717, 1.165) is 19.0 Å². The third kappa shape index (κ3) is 1.92. The Balaban J connectivity index is 2.11. The summed E-state index contributed by atoms with van der Waals surface area (Å²) in [6, 6.07) is 0. The van der Waals surface area contributed by atoms with Crippen LogP contribution in [0, 0.1) is 16.7 Å². The van der Waals surface area contributed by atoms with Gasteiger partial charge in [-0.1, -0.05) is 20.8 Å². The molecule has 1 amide bonds. The molecule has 0 aromatic rings. The Morgan fingerprint density at radius 3 is 2.33 bits per heavy atom. The van der Waals surface area contributed by atoms with Crippen molar-refractivity contribution in [1.29, 1.82) is 0 Å². The first kappa shape index (κ1) is 13.7. The second kappa shape index (κ2) is 4.43. The van der Waals surface area contributed by atoms with Crippen molar-refractivity contribution >= 4 is 6.09 Å². The Hall–Kier alpha value is -0.730. The van der Waals surface area contributed by atoms with Gasteiger partial charge in [0, 0.05) is 23.9 Å². The Labute approximate surface area is 111 Å². The number of hydrogen-bond donors (Lipinski definition) is 0. The van der Waals surface area contributed by atoms with Gasteiger partial charge in [0.1, 0.15) is 6.10 Å². The highest BCUT2D eigenvalue weighted by atomic mass is 16.6. The lowest BCUT2D eigenvalue weighted by molar-refractivity contribution is -0.0566. The zero-order valence-corrected chi connectivity index (χ0v) is 12.5. The van der Waals surface area contributed by atoms with E-state index in [1.807, 2.05) is 13.8 Å². The van der Waals surface area contributed by atoms with E-state index in [0.29, 0.717) is 0 Å². The third-order valence-electron chi connectivity index (χ3n) is 5.38. The fraction of sp³-hybridized carbons (Fsp3) is 0.933. The number of ether oxygens (including phenoxy) is 1. The van der Waals surface area contributed by atoms with Crippen LogP contribution in [0.25, 0.3) is 0 Å². The molecule has 0 aliphatic heterocycles. The number of fused-ring (bicyclic) bond motifs is 2. The van der Waals surface area contributed by atoms with Crippen LogP contribution in [0.3, 0.4) is 0 Å². The maximum atomic E-state index is 12.2. The first-order chi connectivity index (χ1) is 8.35. The normalized spacial score (nSPS) is 36.7. The first-order valence-corrected chi connectivity index (χ1v) is 7.30. The molecule has 3 atom stereocenters. The van der Waals surface area contributed by atoms with Crippen LogP contribution in [-0.2, 0) is 4.74 Å². The Bertz CT molecular complexity index is 331. The van der Waals surface area contributed by atoms with E-state index < -0.39 is 0 Å². The molecule has 3 heteroatoms.